The molecule has 1 aromatic rings. The summed E-state index contributed by atoms with van der Waals surface area (Å²) in [5.41, 5.74) is 0. The third kappa shape index (κ3) is 2.17. The van der Waals surface area contributed by atoms with Crippen LogP contribution in [0.1, 0.15) is 11.7 Å². The molecule has 4 heteroatoms. The second-order valence-electron chi connectivity index (χ2n) is 2.04. The molecule has 0 fully saturated rings. The van der Waals surface area contributed by atoms with E-state index in [2.05, 4.69) is 31.9 Å². The summed E-state index contributed by atoms with van der Waals surface area (Å²) >= 11 is 6.38. The van der Waals surface area contributed by atoms with Crippen molar-refractivity contribution in [1.82, 2.24) is 0 Å². The zero-order valence-electron chi connectivity index (χ0n) is 5.59. The number of aldehydes is 1. The lowest BCUT2D eigenvalue weighted by Gasteiger charge is -1.99. The summed E-state index contributed by atoms with van der Waals surface area (Å²) in [6.45, 7) is 0. The van der Waals surface area contributed by atoms with Crippen LogP contribution in [0.25, 0.3) is 0 Å². The molecule has 60 valence electrons. The highest BCUT2D eigenvalue weighted by atomic mass is 79.9. The van der Waals surface area contributed by atoms with Gasteiger partial charge in [0.15, 0.2) is 4.67 Å². The quantitative estimate of drug-likeness (QED) is 0.630. The summed E-state index contributed by atoms with van der Waals surface area (Å²) in [4.78, 5) is 10.4. The van der Waals surface area contributed by atoms with Crippen LogP contribution < -0.4 is 0 Å². The highest BCUT2D eigenvalue weighted by Gasteiger charge is 2.12. The molecule has 0 bridgehead atoms. The van der Waals surface area contributed by atoms with Crippen molar-refractivity contribution in [2.24, 2.45) is 0 Å². The van der Waals surface area contributed by atoms with Gasteiger partial charge in [0.2, 0.25) is 0 Å². The van der Waals surface area contributed by atoms with E-state index in [0.717, 1.165) is 6.29 Å². The fourth-order valence-electron chi connectivity index (χ4n) is 0.707. The van der Waals surface area contributed by atoms with Gasteiger partial charge in [0.1, 0.15) is 12.0 Å². The van der Waals surface area contributed by atoms with Gasteiger partial charge in [0, 0.05) is 5.33 Å². The fraction of sp³-hybridized carbons (Fsp3) is 0.286. The van der Waals surface area contributed by atoms with Gasteiger partial charge in [-0.2, -0.15) is 0 Å². The molecule has 2 nitrogen and oxygen atoms in total. The molecule has 0 saturated carbocycles. The Kier molecular flexibility index (Phi) is 3.33. The molecule has 0 aromatic carbocycles. The van der Waals surface area contributed by atoms with Gasteiger partial charge in [0.25, 0.3) is 0 Å². The molecular formula is C7H6Br2O2. The summed E-state index contributed by atoms with van der Waals surface area (Å²) in [7, 11) is 0. The molecule has 0 saturated heterocycles. The predicted octanol–water partition coefficient (Wildman–Crippen LogP) is 2.72. The number of carbonyl (C=O) groups is 1. The first kappa shape index (κ1) is 9.00. The van der Waals surface area contributed by atoms with Gasteiger partial charge in [0.05, 0.1) is 5.92 Å². The Morgan fingerprint density at radius 2 is 2.36 bits per heavy atom. The van der Waals surface area contributed by atoms with Crippen LogP contribution in [0.15, 0.2) is 21.2 Å². The van der Waals surface area contributed by atoms with Crippen LogP contribution in [0.2, 0.25) is 0 Å². The Morgan fingerprint density at radius 1 is 1.64 bits per heavy atom. The topological polar surface area (TPSA) is 30.2 Å². The molecule has 1 aromatic heterocycles. The molecule has 0 aliphatic heterocycles. The van der Waals surface area contributed by atoms with E-state index in [1.54, 1.807) is 12.1 Å². The van der Waals surface area contributed by atoms with Crippen molar-refractivity contribution in [2.45, 2.75) is 5.92 Å². The SMILES string of the molecule is O=CC(CBr)c1ccc(Br)o1. The molecule has 0 aliphatic rings. The highest BCUT2D eigenvalue weighted by molar-refractivity contribution is 9.10. The van der Waals surface area contributed by atoms with E-state index in [1.807, 2.05) is 0 Å². The van der Waals surface area contributed by atoms with Crippen molar-refractivity contribution >= 4 is 38.1 Å². The van der Waals surface area contributed by atoms with Crippen LogP contribution in [0.4, 0.5) is 0 Å². The van der Waals surface area contributed by atoms with Gasteiger partial charge in [-0.25, -0.2) is 0 Å². The van der Waals surface area contributed by atoms with Gasteiger partial charge in [-0.1, -0.05) is 15.9 Å². The number of furan rings is 1. The Hall–Kier alpha value is -0.0900. The number of alkyl halides is 1. The van der Waals surface area contributed by atoms with Gasteiger partial charge in [-0.3, -0.25) is 0 Å². The summed E-state index contributed by atoms with van der Waals surface area (Å²) in [5.74, 6) is 0.505. The molecule has 0 radical (unpaired) electrons. The molecule has 0 aliphatic carbocycles. The molecule has 1 heterocycles. The van der Waals surface area contributed by atoms with Gasteiger partial charge < -0.3 is 9.21 Å². The Balaban J connectivity index is 2.81. The van der Waals surface area contributed by atoms with Crippen molar-refractivity contribution in [3.8, 4) is 0 Å². The Bertz CT molecular complexity index is 244. The van der Waals surface area contributed by atoms with Gasteiger partial charge in [-0.05, 0) is 28.1 Å². The number of carbonyl (C=O) groups excluding carboxylic acids is 1. The van der Waals surface area contributed by atoms with Gasteiger partial charge in [-0.15, -0.1) is 0 Å². The minimum absolute atomic E-state index is 0.179. The first-order chi connectivity index (χ1) is 5.27. The largest absolute Gasteiger partial charge is 0.454 e. The lowest BCUT2D eigenvalue weighted by molar-refractivity contribution is -0.108. The van der Waals surface area contributed by atoms with Crippen LogP contribution in [0.3, 0.4) is 0 Å². The molecule has 1 atom stereocenters. The van der Waals surface area contributed by atoms with Crippen molar-refractivity contribution in [3.63, 3.8) is 0 Å². The normalized spacial score (nSPS) is 12.9. The average Bonchev–Trinajstić information content (AvgIpc) is 2.39. The van der Waals surface area contributed by atoms with Crippen LogP contribution in [0.5, 0.6) is 0 Å². The lowest BCUT2D eigenvalue weighted by Crippen LogP contribution is -1.98. The van der Waals surface area contributed by atoms with E-state index >= 15 is 0 Å². The highest BCUT2D eigenvalue weighted by Crippen LogP contribution is 2.21. The average molecular weight is 282 g/mol. The van der Waals surface area contributed by atoms with Crippen LogP contribution in [-0.4, -0.2) is 11.6 Å². The second kappa shape index (κ2) is 4.07. The van der Waals surface area contributed by atoms with Crippen molar-refractivity contribution < 1.29 is 9.21 Å². The van der Waals surface area contributed by atoms with Crippen LogP contribution in [-0.2, 0) is 4.79 Å². The summed E-state index contributed by atoms with van der Waals surface area (Å²) < 4.78 is 5.84. The molecule has 0 spiro atoms. The zero-order chi connectivity index (χ0) is 8.27. The number of rotatable bonds is 3. The first-order valence-electron chi connectivity index (χ1n) is 3.04. The van der Waals surface area contributed by atoms with E-state index in [4.69, 9.17) is 4.42 Å². The maximum atomic E-state index is 10.4. The molecule has 0 N–H and O–H groups in total. The van der Waals surface area contributed by atoms with E-state index < -0.39 is 0 Å². The molecule has 0 amide bonds. The predicted molar refractivity (Wildman–Crippen MR) is 49.0 cm³/mol. The number of halogens is 2. The van der Waals surface area contributed by atoms with Crippen molar-refractivity contribution in [2.75, 3.05) is 5.33 Å². The van der Waals surface area contributed by atoms with E-state index in [0.29, 0.717) is 15.8 Å². The molecular weight excluding hydrogens is 276 g/mol. The number of hydrogen-bond acceptors (Lipinski definition) is 2. The number of hydrogen-bond donors (Lipinski definition) is 0. The monoisotopic (exact) mass is 280 g/mol. The van der Waals surface area contributed by atoms with Crippen molar-refractivity contribution in [1.29, 1.82) is 0 Å². The fourth-order valence-corrected chi connectivity index (χ4v) is 1.50. The maximum absolute atomic E-state index is 10.4. The Morgan fingerprint density at radius 3 is 2.73 bits per heavy atom. The summed E-state index contributed by atoms with van der Waals surface area (Å²) in [6.07, 6.45) is 0.861. The third-order valence-corrected chi connectivity index (χ3v) is 2.41. The minimum Gasteiger partial charge on any atom is -0.454 e. The smallest absolute Gasteiger partial charge is 0.169 e. The summed E-state index contributed by atoms with van der Waals surface area (Å²) in [5, 5.41) is 0.594. The maximum Gasteiger partial charge on any atom is 0.169 e. The molecule has 11 heavy (non-hydrogen) atoms. The zero-order valence-corrected chi connectivity index (χ0v) is 8.76. The van der Waals surface area contributed by atoms with Crippen molar-refractivity contribution in [3.05, 3.63) is 22.6 Å². The second-order valence-corrected chi connectivity index (χ2v) is 3.47. The van der Waals surface area contributed by atoms with E-state index in [-0.39, 0.29) is 5.92 Å². The first-order valence-corrected chi connectivity index (χ1v) is 4.96. The Labute approximate surface area is 81.2 Å². The van der Waals surface area contributed by atoms with E-state index in [1.165, 1.54) is 0 Å². The van der Waals surface area contributed by atoms with E-state index in [9.17, 15) is 4.79 Å². The van der Waals surface area contributed by atoms with Crippen LogP contribution in [0, 0.1) is 0 Å². The molecule has 1 unspecified atom stereocenters. The molecule has 1 rings (SSSR count). The third-order valence-electron chi connectivity index (χ3n) is 1.29. The van der Waals surface area contributed by atoms with Gasteiger partial charge >= 0.3 is 0 Å². The minimum atomic E-state index is -0.179. The van der Waals surface area contributed by atoms with Crippen LogP contribution >= 0.6 is 31.9 Å². The lowest BCUT2D eigenvalue weighted by atomic mass is 10.1. The standard InChI is InChI=1S/C7H6Br2O2/c8-3-5(4-10)6-1-2-7(9)11-6/h1-2,4-5H,3H2. The summed E-state index contributed by atoms with van der Waals surface area (Å²) in [6, 6.07) is 3.55.